The maximum atomic E-state index is 2.53. The van der Waals surface area contributed by atoms with Gasteiger partial charge in [-0.15, -0.1) is 0 Å². The van der Waals surface area contributed by atoms with Gasteiger partial charge in [0.05, 0.1) is 0 Å². The molecule has 5 heteroatoms. The van der Waals surface area contributed by atoms with E-state index in [-0.39, 0.29) is 0 Å². The minimum absolute atomic E-state index is 1.01. The number of benzene rings is 4. The summed E-state index contributed by atoms with van der Waals surface area (Å²) in [6.45, 7) is 35.7. The molecule has 0 bridgehead atoms. The Hall–Kier alpha value is -3.12. The second-order valence-corrected chi connectivity index (χ2v) is 23.9. The number of aryl methyl sites for hydroxylation is 4. The van der Waals surface area contributed by atoms with Gasteiger partial charge in [-0.2, -0.15) is 0 Å². The van der Waals surface area contributed by atoms with Crippen LogP contribution < -0.4 is 33.9 Å². The Kier molecular flexibility index (Phi) is 13.6. The molecule has 0 saturated carbocycles. The summed E-state index contributed by atoms with van der Waals surface area (Å²) in [5.41, 5.74) is 10.9. The Morgan fingerprint density at radius 3 is 0.653 bits per heavy atom. The number of nitrogens with zero attached hydrogens (tertiary/aromatic N) is 4. The van der Waals surface area contributed by atoms with E-state index in [0.717, 1.165) is 52.4 Å². The quantitative estimate of drug-likeness (QED) is 0.109. The molecular formula is C44H64N4Sn. The van der Waals surface area contributed by atoms with Crippen LogP contribution in [0.2, 0.25) is 0 Å². The number of hydrogen-bond donors (Lipinski definition) is 0. The summed E-state index contributed by atoms with van der Waals surface area (Å²) in [5, 5.41) is 0. The Morgan fingerprint density at radius 2 is 0.510 bits per heavy atom. The van der Waals surface area contributed by atoms with E-state index < -0.39 is 18.4 Å². The van der Waals surface area contributed by atoms with Crippen LogP contribution in [0.25, 0.3) is 0 Å². The van der Waals surface area contributed by atoms with Crippen LogP contribution in [-0.4, -0.2) is 70.7 Å². The zero-order chi connectivity index (χ0) is 35.9. The third-order valence-electron chi connectivity index (χ3n) is 11.0. The first-order valence-electron chi connectivity index (χ1n) is 19.0. The zero-order valence-corrected chi connectivity index (χ0v) is 35.7. The predicted molar refractivity (Wildman–Crippen MR) is 223 cm³/mol. The Labute approximate surface area is 304 Å². The second kappa shape index (κ2) is 17.2. The molecule has 4 aromatic rings. The maximum absolute atomic E-state index is 4.06. The van der Waals surface area contributed by atoms with Crippen molar-refractivity contribution in [2.24, 2.45) is 0 Å². The molecule has 0 aliphatic rings. The fourth-order valence-electron chi connectivity index (χ4n) is 8.29. The van der Waals surface area contributed by atoms with E-state index in [4.69, 9.17) is 0 Å². The molecule has 0 fully saturated rings. The van der Waals surface area contributed by atoms with Gasteiger partial charge in [-0.3, -0.25) is 0 Å². The van der Waals surface area contributed by atoms with Crippen molar-refractivity contribution in [1.82, 2.24) is 0 Å². The second-order valence-electron chi connectivity index (χ2n) is 13.4. The summed E-state index contributed by atoms with van der Waals surface area (Å²) in [7, 11) is 0. The van der Waals surface area contributed by atoms with E-state index in [1.807, 2.05) is 0 Å². The first-order valence-corrected chi connectivity index (χ1v) is 24.7. The van der Waals surface area contributed by atoms with Crippen LogP contribution in [0.15, 0.2) is 72.8 Å². The molecular weight excluding hydrogens is 703 g/mol. The van der Waals surface area contributed by atoms with Gasteiger partial charge in [0.2, 0.25) is 0 Å². The summed E-state index contributed by atoms with van der Waals surface area (Å²) >= 11 is -4.06. The normalized spacial score (nSPS) is 11.5. The zero-order valence-electron chi connectivity index (χ0n) is 32.9. The summed E-state index contributed by atoms with van der Waals surface area (Å²) in [6, 6.07) is 29.7. The average Bonchev–Trinajstić information content (AvgIpc) is 3.09. The third-order valence-corrected chi connectivity index (χ3v) is 26.6. The van der Waals surface area contributed by atoms with Gasteiger partial charge in [0.1, 0.15) is 0 Å². The molecule has 0 atom stereocenters. The van der Waals surface area contributed by atoms with Gasteiger partial charge in [-0.25, -0.2) is 0 Å². The fourth-order valence-corrected chi connectivity index (χ4v) is 24.6. The summed E-state index contributed by atoms with van der Waals surface area (Å²) in [5.74, 6) is 0. The molecule has 0 aliphatic heterocycles. The molecule has 4 nitrogen and oxygen atoms in total. The van der Waals surface area contributed by atoms with Crippen molar-refractivity contribution in [3.63, 3.8) is 0 Å². The molecule has 0 aliphatic carbocycles. The molecule has 0 radical (unpaired) electrons. The topological polar surface area (TPSA) is 13.0 Å². The molecule has 0 spiro atoms. The first-order chi connectivity index (χ1) is 23.6. The number of anilines is 4. The van der Waals surface area contributed by atoms with Crippen LogP contribution in [-0.2, 0) is 0 Å². The van der Waals surface area contributed by atoms with E-state index in [1.165, 1.54) is 45.0 Å². The number of hydrogen-bond acceptors (Lipinski definition) is 4. The summed E-state index contributed by atoms with van der Waals surface area (Å²) in [4.78, 5) is 9.91. The van der Waals surface area contributed by atoms with Gasteiger partial charge >= 0.3 is 306 Å². The first kappa shape index (κ1) is 38.7. The van der Waals surface area contributed by atoms with Crippen LogP contribution in [0.3, 0.4) is 0 Å². The van der Waals surface area contributed by atoms with Crippen LogP contribution in [0.5, 0.6) is 0 Å². The molecule has 4 aromatic carbocycles. The third kappa shape index (κ3) is 7.50. The molecule has 4 rings (SSSR count). The van der Waals surface area contributed by atoms with Gasteiger partial charge in [0, 0.05) is 0 Å². The van der Waals surface area contributed by atoms with Gasteiger partial charge in [0.15, 0.2) is 0 Å². The molecule has 0 unspecified atom stereocenters. The molecule has 0 aromatic heterocycles. The monoisotopic (exact) mass is 768 g/mol. The van der Waals surface area contributed by atoms with Crippen molar-refractivity contribution in [3.8, 4) is 0 Å². The molecule has 0 heterocycles. The van der Waals surface area contributed by atoms with Gasteiger partial charge < -0.3 is 0 Å². The Morgan fingerprint density at radius 1 is 0.327 bits per heavy atom. The van der Waals surface area contributed by atoms with Crippen molar-refractivity contribution in [1.29, 1.82) is 0 Å². The van der Waals surface area contributed by atoms with Gasteiger partial charge in [0.25, 0.3) is 0 Å². The van der Waals surface area contributed by atoms with Crippen LogP contribution in [0.1, 0.15) is 77.6 Å². The standard InChI is InChI=1S/4C11H16N.Sn/c4*1-4-12(5-2)11-8-6-7-10(3)9-11;/h4*6,8-9H,4-5H2,1-3H3;. The SMILES string of the molecule is CCN(CC)c1cc[c]([Sn]([c]2ccc(N(CC)CC)cc2C)([c]2ccc(N(CC)CC)cc2C)[c]2ccc(N(CC)CC)cc2C)c(C)c1. The molecule has 0 saturated heterocycles. The van der Waals surface area contributed by atoms with E-state index in [9.17, 15) is 0 Å². The molecule has 49 heavy (non-hydrogen) atoms. The van der Waals surface area contributed by atoms with Crippen molar-refractivity contribution in [2.45, 2.75) is 83.1 Å². The van der Waals surface area contributed by atoms with Crippen molar-refractivity contribution >= 4 is 55.4 Å². The predicted octanol–water partition coefficient (Wildman–Crippen LogP) is 7.68. The minimum atomic E-state index is -4.06. The van der Waals surface area contributed by atoms with Crippen LogP contribution >= 0.6 is 0 Å². The Balaban J connectivity index is 2.21. The fraction of sp³-hybridized carbons (Fsp3) is 0.455. The van der Waals surface area contributed by atoms with Crippen LogP contribution in [0, 0.1) is 27.7 Å². The van der Waals surface area contributed by atoms with Crippen molar-refractivity contribution in [2.75, 3.05) is 72.0 Å². The summed E-state index contributed by atoms with van der Waals surface area (Å²) < 4.78 is 6.23. The molecule has 264 valence electrons. The van der Waals surface area contributed by atoms with Gasteiger partial charge in [-0.05, 0) is 0 Å². The van der Waals surface area contributed by atoms with Crippen molar-refractivity contribution < 1.29 is 0 Å². The summed E-state index contributed by atoms with van der Waals surface area (Å²) in [6.07, 6.45) is 0. The van der Waals surface area contributed by atoms with E-state index in [1.54, 1.807) is 14.3 Å². The van der Waals surface area contributed by atoms with E-state index >= 15 is 0 Å². The average molecular weight is 768 g/mol. The van der Waals surface area contributed by atoms with E-state index in [0.29, 0.717) is 0 Å². The molecule has 0 N–H and O–H groups in total. The number of rotatable bonds is 16. The van der Waals surface area contributed by atoms with Crippen molar-refractivity contribution in [3.05, 3.63) is 95.1 Å². The Bertz CT molecular complexity index is 1430. The van der Waals surface area contributed by atoms with Crippen LogP contribution in [0.4, 0.5) is 22.7 Å². The van der Waals surface area contributed by atoms with Gasteiger partial charge in [-0.1, -0.05) is 0 Å². The molecule has 0 amide bonds. The van der Waals surface area contributed by atoms with E-state index in [2.05, 4.69) is 175 Å².